The minimum absolute atomic E-state index is 0.0229. The van der Waals surface area contributed by atoms with E-state index in [1.54, 1.807) is 7.11 Å². The molecule has 2 aromatic heterocycles. The van der Waals surface area contributed by atoms with Gasteiger partial charge < -0.3 is 19.5 Å². The number of aliphatic carboxylic acids is 2. The van der Waals surface area contributed by atoms with E-state index in [4.69, 9.17) is 29.5 Å². The third-order valence-electron chi connectivity index (χ3n) is 7.40. The summed E-state index contributed by atoms with van der Waals surface area (Å²) in [5.41, 5.74) is 3.69. The average Bonchev–Trinajstić information content (AvgIpc) is 3.58. The SMILES string of the molecule is COc1ccc(CN2CCC3(CC2)c2ncc(-c4cnn(C)c4)n2CCN3C)cc1.O=C(O)C(F)(F)F.O=C(O)C(F)(F)F. The topological polar surface area (TPSA) is 126 Å². The van der Waals surface area contributed by atoms with Gasteiger partial charge in [0.15, 0.2) is 0 Å². The minimum Gasteiger partial charge on any atom is -0.497 e. The predicted molar refractivity (Wildman–Crippen MR) is 144 cm³/mol. The molecule has 0 amide bonds. The van der Waals surface area contributed by atoms with Gasteiger partial charge in [0.2, 0.25) is 0 Å². The number of aromatic nitrogens is 4. The van der Waals surface area contributed by atoms with Crippen LogP contribution in [0.2, 0.25) is 0 Å². The number of carboxylic acids is 2. The van der Waals surface area contributed by atoms with Crippen molar-refractivity contribution < 1.29 is 50.9 Å². The second-order valence-electron chi connectivity index (χ2n) is 10.2. The van der Waals surface area contributed by atoms with Crippen LogP contribution in [0.1, 0.15) is 24.2 Å². The Bertz CT molecular complexity index is 1390. The average molecular weight is 635 g/mol. The Balaban J connectivity index is 0.000000317. The Kier molecular flexibility index (Phi) is 10.7. The lowest BCUT2D eigenvalue weighted by Crippen LogP contribution is -2.56. The predicted octanol–water partition coefficient (Wildman–Crippen LogP) is 4.00. The highest BCUT2D eigenvalue weighted by molar-refractivity contribution is 5.73. The van der Waals surface area contributed by atoms with Gasteiger partial charge >= 0.3 is 24.3 Å². The maximum atomic E-state index is 10.6. The number of hydrogen-bond donors (Lipinski definition) is 2. The molecule has 0 radical (unpaired) electrons. The molecule has 2 aliphatic heterocycles. The summed E-state index contributed by atoms with van der Waals surface area (Å²) < 4.78 is 73.0. The van der Waals surface area contributed by atoms with Crippen LogP contribution in [0.3, 0.4) is 0 Å². The molecule has 0 bridgehead atoms. The summed E-state index contributed by atoms with van der Waals surface area (Å²) in [6.07, 6.45) is -1.91. The van der Waals surface area contributed by atoms with E-state index in [-0.39, 0.29) is 5.54 Å². The summed E-state index contributed by atoms with van der Waals surface area (Å²) in [6, 6.07) is 8.44. The van der Waals surface area contributed by atoms with E-state index in [9.17, 15) is 26.3 Å². The van der Waals surface area contributed by atoms with Crippen LogP contribution in [-0.4, -0.2) is 97.4 Å². The fourth-order valence-corrected chi connectivity index (χ4v) is 5.07. The quantitative estimate of drug-likeness (QED) is 0.410. The van der Waals surface area contributed by atoms with E-state index in [1.807, 2.05) is 36.3 Å². The first-order valence-corrected chi connectivity index (χ1v) is 13.2. The number of fused-ring (bicyclic) bond motifs is 2. The van der Waals surface area contributed by atoms with Crippen molar-refractivity contribution in [3.8, 4) is 17.0 Å². The fourth-order valence-electron chi connectivity index (χ4n) is 5.07. The molecule has 1 saturated heterocycles. The van der Waals surface area contributed by atoms with Crippen LogP contribution in [0.15, 0.2) is 42.9 Å². The number of halogens is 6. The van der Waals surface area contributed by atoms with Crippen molar-refractivity contribution >= 4 is 11.9 Å². The number of rotatable bonds is 4. The zero-order chi connectivity index (χ0) is 32.9. The number of likely N-dealkylation sites (N-methyl/N-ethyl adjacent to an activating group) is 1. The lowest BCUT2D eigenvalue weighted by Gasteiger charge is -2.49. The van der Waals surface area contributed by atoms with Crippen molar-refractivity contribution in [3.63, 3.8) is 0 Å². The normalized spacial score (nSPS) is 16.7. The summed E-state index contributed by atoms with van der Waals surface area (Å²) in [5.74, 6) is -3.38. The van der Waals surface area contributed by atoms with Gasteiger partial charge in [0.1, 0.15) is 11.6 Å². The molecule has 0 unspecified atom stereocenters. The van der Waals surface area contributed by atoms with E-state index in [1.165, 1.54) is 17.1 Å². The van der Waals surface area contributed by atoms with Gasteiger partial charge in [0, 0.05) is 51.5 Å². The van der Waals surface area contributed by atoms with Gasteiger partial charge in [-0.2, -0.15) is 31.4 Å². The number of piperidine rings is 1. The molecule has 44 heavy (non-hydrogen) atoms. The van der Waals surface area contributed by atoms with Crippen molar-refractivity contribution in [3.05, 3.63) is 54.2 Å². The second-order valence-corrected chi connectivity index (χ2v) is 10.2. The van der Waals surface area contributed by atoms with Gasteiger partial charge in [0.05, 0.1) is 30.7 Å². The zero-order valence-electron chi connectivity index (χ0n) is 24.1. The number of benzene rings is 1. The van der Waals surface area contributed by atoms with Crippen LogP contribution in [0.25, 0.3) is 11.3 Å². The van der Waals surface area contributed by atoms with Crippen LogP contribution in [-0.2, 0) is 35.3 Å². The number of hydrogen-bond acceptors (Lipinski definition) is 7. The van der Waals surface area contributed by atoms with Gasteiger partial charge in [-0.05, 0) is 37.6 Å². The van der Waals surface area contributed by atoms with Crippen LogP contribution < -0.4 is 4.74 Å². The number of likely N-dealkylation sites (tertiary alicyclic amines) is 1. The maximum absolute atomic E-state index is 10.6. The third kappa shape index (κ3) is 8.28. The number of imidazole rings is 1. The first-order chi connectivity index (χ1) is 20.5. The van der Waals surface area contributed by atoms with Crippen LogP contribution >= 0.6 is 0 Å². The molecule has 17 heteroatoms. The van der Waals surface area contributed by atoms with Crippen molar-refractivity contribution in [2.24, 2.45) is 7.05 Å². The molecule has 3 aromatic rings. The molecule has 4 heterocycles. The van der Waals surface area contributed by atoms with Gasteiger partial charge in [-0.3, -0.25) is 14.5 Å². The maximum Gasteiger partial charge on any atom is 0.490 e. The van der Waals surface area contributed by atoms with Crippen molar-refractivity contribution in [1.82, 2.24) is 29.1 Å². The third-order valence-corrected chi connectivity index (χ3v) is 7.40. The molecule has 1 fully saturated rings. The molecule has 0 atom stereocenters. The van der Waals surface area contributed by atoms with Crippen molar-refractivity contribution in [2.75, 3.05) is 33.8 Å². The fraction of sp³-hybridized carbons (Fsp3) is 0.481. The van der Waals surface area contributed by atoms with Crippen molar-refractivity contribution in [2.45, 2.75) is 43.8 Å². The molecular formula is C27H32F6N6O5. The summed E-state index contributed by atoms with van der Waals surface area (Å²) in [7, 11) is 5.94. The van der Waals surface area contributed by atoms with Gasteiger partial charge in [-0.15, -0.1) is 0 Å². The second kappa shape index (κ2) is 13.7. The highest BCUT2D eigenvalue weighted by Crippen LogP contribution is 2.41. The number of carbonyl (C=O) groups is 2. The summed E-state index contributed by atoms with van der Waals surface area (Å²) in [5, 5.41) is 18.6. The Hall–Kier alpha value is -4.12. The number of ether oxygens (including phenoxy) is 1. The smallest absolute Gasteiger partial charge is 0.490 e. The van der Waals surface area contributed by atoms with Crippen LogP contribution in [0.5, 0.6) is 5.75 Å². The molecule has 2 N–H and O–H groups in total. The number of carboxylic acid groups (broad SMARTS) is 2. The van der Waals surface area contributed by atoms with Crippen LogP contribution in [0.4, 0.5) is 26.3 Å². The minimum atomic E-state index is -5.08. The largest absolute Gasteiger partial charge is 0.497 e. The Morgan fingerprint density at radius 3 is 1.91 bits per heavy atom. The number of nitrogens with zero attached hydrogens (tertiary/aromatic N) is 6. The van der Waals surface area contributed by atoms with Gasteiger partial charge in [-0.1, -0.05) is 12.1 Å². The number of alkyl halides is 6. The summed E-state index contributed by atoms with van der Waals surface area (Å²) in [6.45, 7) is 5.17. The Labute approximate surface area is 248 Å². The monoisotopic (exact) mass is 634 g/mol. The summed E-state index contributed by atoms with van der Waals surface area (Å²) in [4.78, 5) is 27.8. The molecule has 2 aliphatic rings. The van der Waals surface area contributed by atoms with E-state index < -0.39 is 24.3 Å². The highest BCUT2D eigenvalue weighted by Gasteiger charge is 2.45. The Morgan fingerprint density at radius 1 is 0.909 bits per heavy atom. The van der Waals surface area contributed by atoms with Crippen molar-refractivity contribution in [1.29, 1.82) is 0 Å². The Morgan fingerprint density at radius 2 is 1.45 bits per heavy atom. The zero-order valence-corrected chi connectivity index (χ0v) is 24.1. The standard InChI is InChI=1S/C23H30N6O.2C2HF3O2/c1-26-12-13-29-21(19-14-25-27(2)17-19)15-24-22(29)23(26)8-10-28(11-9-23)16-18-4-6-20(30-3)7-5-18;2*3-2(4,5)1(6)7/h4-7,14-15,17H,8-13,16H2,1-3H3;2*(H,6,7). The lowest BCUT2D eigenvalue weighted by atomic mass is 9.83. The molecule has 0 aliphatic carbocycles. The lowest BCUT2D eigenvalue weighted by molar-refractivity contribution is -0.193. The summed E-state index contributed by atoms with van der Waals surface area (Å²) >= 11 is 0. The molecule has 0 saturated carbocycles. The molecular weight excluding hydrogens is 602 g/mol. The molecule has 1 aromatic carbocycles. The first kappa shape index (κ1) is 34.4. The molecule has 5 rings (SSSR count). The van der Waals surface area contributed by atoms with Gasteiger partial charge in [0.25, 0.3) is 0 Å². The number of aryl methyl sites for hydroxylation is 1. The first-order valence-electron chi connectivity index (χ1n) is 13.2. The van der Waals surface area contributed by atoms with E-state index in [0.717, 1.165) is 56.9 Å². The van der Waals surface area contributed by atoms with E-state index in [2.05, 4.69) is 44.8 Å². The van der Waals surface area contributed by atoms with Crippen LogP contribution in [0, 0.1) is 0 Å². The number of methoxy groups -OCH3 is 1. The van der Waals surface area contributed by atoms with E-state index >= 15 is 0 Å². The molecule has 1 spiro atoms. The molecule has 242 valence electrons. The van der Waals surface area contributed by atoms with E-state index in [0.29, 0.717) is 0 Å². The van der Waals surface area contributed by atoms with Gasteiger partial charge in [-0.25, -0.2) is 14.6 Å². The highest BCUT2D eigenvalue weighted by atomic mass is 19.4. The molecule has 11 nitrogen and oxygen atoms in total.